The summed E-state index contributed by atoms with van der Waals surface area (Å²) in [5, 5.41) is 0. The maximum Gasteiger partial charge on any atom is 0.134 e. The number of carbonyl (C=O) groups is 1. The van der Waals surface area contributed by atoms with Crippen molar-refractivity contribution in [2.75, 3.05) is 7.11 Å². The van der Waals surface area contributed by atoms with Gasteiger partial charge in [0.1, 0.15) is 5.78 Å². The van der Waals surface area contributed by atoms with Crippen molar-refractivity contribution in [1.29, 1.82) is 0 Å². The Kier molecular flexibility index (Phi) is 2.99. The molecule has 0 aromatic rings. The van der Waals surface area contributed by atoms with Gasteiger partial charge in [0.2, 0.25) is 0 Å². The molecule has 1 rings (SSSR count). The highest BCUT2D eigenvalue weighted by Crippen LogP contribution is 2.50. The van der Waals surface area contributed by atoms with Gasteiger partial charge in [-0.15, -0.1) is 0 Å². The Morgan fingerprint density at radius 2 is 1.93 bits per heavy atom. The summed E-state index contributed by atoms with van der Waals surface area (Å²) >= 11 is 0. The molecule has 0 fully saturated rings. The van der Waals surface area contributed by atoms with E-state index in [-0.39, 0.29) is 22.5 Å². The van der Waals surface area contributed by atoms with Crippen molar-refractivity contribution in [1.82, 2.24) is 0 Å². The number of allylic oxidation sites excluding steroid dienone is 2. The molecule has 0 spiro atoms. The molecule has 2 nitrogen and oxygen atoms in total. The minimum atomic E-state index is -0.112. The molecule has 1 unspecified atom stereocenters. The quantitative estimate of drug-likeness (QED) is 0.699. The van der Waals surface area contributed by atoms with Gasteiger partial charge in [0, 0.05) is 12.3 Å². The van der Waals surface area contributed by atoms with Crippen molar-refractivity contribution in [3.63, 3.8) is 0 Å². The summed E-state index contributed by atoms with van der Waals surface area (Å²) in [6.07, 6.45) is 2.95. The van der Waals surface area contributed by atoms with Gasteiger partial charge in [-0.05, 0) is 23.8 Å². The fourth-order valence-electron chi connectivity index (χ4n) is 3.31. The summed E-state index contributed by atoms with van der Waals surface area (Å²) in [6.45, 7) is 10.2. The van der Waals surface area contributed by atoms with E-state index in [1.54, 1.807) is 14.0 Å². The van der Waals surface area contributed by atoms with Crippen LogP contribution in [0.25, 0.3) is 0 Å². The molecule has 0 aromatic heterocycles. The number of ketones is 1. The van der Waals surface area contributed by atoms with Crippen molar-refractivity contribution in [2.24, 2.45) is 16.7 Å². The lowest BCUT2D eigenvalue weighted by atomic mass is 9.58. The molecule has 86 valence electrons. The first-order valence-electron chi connectivity index (χ1n) is 5.47. The molecule has 0 saturated carbocycles. The lowest BCUT2D eigenvalue weighted by Crippen LogP contribution is -2.43. The average molecular weight is 210 g/mol. The van der Waals surface area contributed by atoms with Gasteiger partial charge in [-0.25, -0.2) is 0 Å². The highest BCUT2D eigenvalue weighted by Gasteiger charge is 2.46. The topological polar surface area (TPSA) is 26.3 Å². The van der Waals surface area contributed by atoms with Gasteiger partial charge in [0.05, 0.1) is 12.9 Å². The fraction of sp³-hybridized carbons (Fsp3) is 0.769. The maximum absolute atomic E-state index is 11.8. The lowest BCUT2D eigenvalue weighted by Gasteiger charge is -2.45. The van der Waals surface area contributed by atoms with Crippen LogP contribution >= 0.6 is 0 Å². The number of methoxy groups -OCH3 is 1. The molecule has 0 N–H and O–H groups in total. The van der Waals surface area contributed by atoms with Crippen LogP contribution in [0.2, 0.25) is 0 Å². The first-order valence-corrected chi connectivity index (χ1v) is 5.47. The molecule has 15 heavy (non-hydrogen) atoms. The van der Waals surface area contributed by atoms with E-state index in [1.807, 2.05) is 0 Å². The maximum atomic E-state index is 11.8. The molecular formula is C13H22O2. The summed E-state index contributed by atoms with van der Waals surface area (Å²) in [6, 6.07) is 0. The van der Waals surface area contributed by atoms with E-state index in [4.69, 9.17) is 4.74 Å². The van der Waals surface area contributed by atoms with E-state index in [1.165, 1.54) is 0 Å². The third kappa shape index (κ3) is 2.24. The van der Waals surface area contributed by atoms with Crippen molar-refractivity contribution < 1.29 is 9.53 Å². The molecule has 0 heterocycles. The smallest absolute Gasteiger partial charge is 0.134 e. The molecule has 1 aliphatic rings. The highest BCUT2D eigenvalue weighted by molar-refractivity contribution is 5.80. The van der Waals surface area contributed by atoms with Crippen LogP contribution in [0.1, 0.15) is 41.0 Å². The number of hydrogen-bond donors (Lipinski definition) is 0. The highest BCUT2D eigenvalue weighted by atomic mass is 16.5. The number of ether oxygens (including phenoxy) is 1. The van der Waals surface area contributed by atoms with Crippen LogP contribution < -0.4 is 0 Å². The zero-order chi connectivity index (χ0) is 11.9. The van der Waals surface area contributed by atoms with E-state index in [0.29, 0.717) is 0 Å². The van der Waals surface area contributed by atoms with Crippen LogP contribution in [0.3, 0.4) is 0 Å². The molecule has 0 bridgehead atoms. The molecule has 0 aliphatic heterocycles. The van der Waals surface area contributed by atoms with Gasteiger partial charge in [0.15, 0.2) is 0 Å². The van der Waals surface area contributed by atoms with Crippen LogP contribution in [-0.4, -0.2) is 12.9 Å². The average Bonchev–Trinajstić information content (AvgIpc) is 1.97. The van der Waals surface area contributed by atoms with Crippen molar-refractivity contribution in [3.05, 3.63) is 11.8 Å². The summed E-state index contributed by atoms with van der Waals surface area (Å²) in [5.74, 6) is 1.35. The Labute approximate surface area is 92.7 Å². The minimum absolute atomic E-state index is 0.0184. The Morgan fingerprint density at radius 3 is 2.27 bits per heavy atom. The second-order valence-corrected chi connectivity index (χ2v) is 5.85. The van der Waals surface area contributed by atoms with E-state index in [9.17, 15) is 4.79 Å². The van der Waals surface area contributed by atoms with Crippen LogP contribution in [0.5, 0.6) is 0 Å². The zero-order valence-electron chi connectivity index (χ0n) is 10.7. The van der Waals surface area contributed by atoms with Gasteiger partial charge < -0.3 is 4.74 Å². The van der Waals surface area contributed by atoms with E-state index in [0.717, 1.165) is 12.2 Å². The van der Waals surface area contributed by atoms with Gasteiger partial charge in [-0.2, -0.15) is 0 Å². The first-order chi connectivity index (χ1) is 6.70. The van der Waals surface area contributed by atoms with E-state index < -0.39 is 0 Å². The molecular weight excluding hydrogens is 188 g/mol. The Balaban J connectivity index is 3.17. The SMILES string of the molecule is COC1=CC(C)(C)C(C(C)=O)C(C)(C)C1. The van der Waals surface area contributed by atoms with Crippen LogP contribution in [0.4, 0.5) is 0 Å². The summed E-state index contributed by atoms with van der Waals surface area (Å²) in [7, 11) is 1.70. The fourth-order valence-corrected chi connectivity index (χ4v) is 3.31. The number of rotatable bonds is 2. The van der Waals surface area contributed by atoms with Crippen molar-refractivity contribution in [2.45, 2.75) is 41.0 Å². The second kappa shape index (κ2) is 3.66. The predicted molar refractivity (Wildman–Crippen MR) is 61.4 cm³/mol. The third-order valence-electron chi connectivity index (χ3n) is 3.36. The first kappa shape index (κ1) is 12.3. The van der Waals surface area contributed by atoms with Crippen LogP contribution in [0.15, 0.2) is 11.8 Å². The zero-order valence-corrected chi connectivity index (χ0v) is 10.7. The minimum Gasteiger partial charge on any atom is -0.501 e. The van der Waals surface area contributed by atoms with E-state index >= 15 is 0 Å². The normalized spacial score (nSPS) is 28.1. The molecule has 1 atom stereocenters. The largest absolute Gasteiger partial charge is 0.501 e. The van der Waals surface area contributed by atoms with Gasteiger partial charge in [-0.1, -0.05) is 27.7 Å². The molecule has 1 aliphatic carbocycles. The van der Waals surface area contributed by atoms with Gasteiger partial charge in [-0.3, -0.25) is 4.79 Å². The van der Waals surface area contributed by atoms with E-state index in [2.05, 4.69) is 33.8 Å². The number of carbonyl (C=O) groups excluding carboxylic acids is 1. The summed E-state index contributed by atoms with van der Waals surface area (Å²) in [5.41, 5.74) is -0.131. The van der Waals surface area contributed by atoms with Gasteiger partial charge in [0.25, 0.3) is 0 Å². The molecule has 0 saturated heterocycles. The van der Waals surface area contributed by atoms with Gasteiger partial charge >= 0.3 is 0 Å². The monoisotopic (exact) mass is 210 g/mol. The second-order valence-electron chi connectivity index (χ2n) is 5.85. The lowest BCUT2D eigenvalue weighted by molar-refractivity contribution is -0.129. The summed E-state index contributed by atoms with van der Waals surface area (Å²) in [4.78, 5) is 11.8. The van der Waals surface area contributed by atoms with Crippen molar-refractivity contribution >= 4 is 5.78 Å². The molecule has 0 amide bonds. The molecule has 2 heteroatoms. The third-order valence-corrected chi connectivity index (χ3v) is 3.36. The van der Waals surface area contributed by atoms with Crippen molar-refractivity contribution in [3.8, 4) is 0 Å². The predicted octanol–water partition coefficient (Wildman–Crippen LogP) is 3.18. The number of Topliss-reactive ketones (excluding diaryl/α,β-unsaturated/α-hetero) is 1. The molecule has 0 aromatic carbocycles. The summed E-state index contributed by atoms with van der Waals surface area (Å²) < 4.78 is 5.34. The van der Waals surface area contributed by atoms with Crippen LogP contribution in [-0.2, 0) is 9.53 Å². The standard InChI is InChI=1S/C13H22O2/c1-9(14)11-12(2,3)7-10(15-6)8-13(11,4)5/h7,11H,8H2,1-6H3. The Bertz CT molecular complexity index is 298. The Morgan fingerprint density at radius 1 is 1.40 bits per heavy atom. The molecule has 0 radical (unpaired) electrons. The number of hydrogen-bond acceptors (Lipinski definition) is 2. The van der Waals surface area contributed by atoms with Crippen LogP contribution in [0, 0.1) is 16.7 Å². The Hall–Kier alpha value is -0.790.